The maximum absolute atomic E-state index is 12.4. The van der Waals surface area contributed by atoms with E-state index in [0.29, 0.717) is 25.5 Å². The normalized spacial score (nSPS) is 23.1. The topological polar surface area (TPSA) is 49.9 Å². The maximum Gasteiger partial charge on any atom is 0.328 e. The molecule has 0 aliphatic carbocycles. The van der Waals surface area contributed by atoms with Gasteiger partial charge in [-0.1, -0.05) is 25.1 Å². The van der Waals surface area contributed by atoms with E-state index >= 15 is 0 Å². The van der Waals surface area contributed by atoms with Crippen molar-refractivity contribution < 1.29 is 14.3 Å². The minimum absolute atomic E-state index is 0.0815. The third kappa shape index (κ3) is 4.33. The standard InChI is InChI=1S/C20H28N2O3/c1-2-7-19(23)22-12-6-10-18(22)20(24)25-15-16-11-13-21(14-16)17-8-4-3-5-9-17/h3-5,8-9,16,18H,2,6-7,10-15H2,1H3/t16-,18+/m1/s1. The SMILES string of the molecule is CCCC(=O)N1CCC[C@H]1C(=O)OC[C@@H]1CCN(c2ccccc2)C1. The third-order valence-electron chi connectivity index (χ3n) is 5.18. The van der Waals surface area contributed by atoms with Gasteiger partial charge in [-0.25, -0.2) is 4.79 Å². The van der Waals surface area contributed by atoms with Crippen molar-refractivity contribution in [1.29, 1.82) is 0 Å². The summed E-state index contributed by atoms with van der Waals surface area (Å²) >= 11 is 0. The van der Waals surface area contributed by atoms with Gasteiger partial charge >= 0.3 is 5.97 Å². The van der Waals surface area contributed by atoms with Crippen molar-refractivity contribution in [3.8, 4) is 0 Å². The number of carbonyl (C=O) groups is 2. The largest absolute Gasteiger partial charge is 0.464 e. The number of amides is 1. The lowest BCUT2D eigenvalue weighted by atomic mass is 10.1. The molecule has 2 atom stereocenters. The zero-order chi connectivity index (χ0) is 17.6. The first-order valence-electron chi connectivity index (χ1n) is 9.45. The second kappa shape index (κ2) is 8.37. The average Bonchev–Trinajstić information content (AvgIpc) is 3.30. The summed E-state index contributed by atoms with van der Waals surface area (Å²) in [7, 11) is 0. The molecular weight excluding hydrogens is 316 g/mol. The Morgan fingerprint density at radius 1 is 1.16 bits per heavy atom. The summed E-state index contributed by atoms with van der Waals surface area (Å²) in [5.41, 5.74) is 1.23. The fraction of sp³-hybridized carbons (Fsp3) is 0.600. The lowest BCUT2D eigenvalue weighted by Gasteiger charge is -2.24. The number of anilines is 1. The highest BCUT2D eigenvalue weighted by atomic mass is 16.5. The Kier molecular flexibility index (Phi) is 5.95. The van der Waals surface area contributed by atoms with E-state index in [-0.39, 0.29) is 17.9 Å². The fourth-order valence-electron chi connectivity index (χ4n) is 3.81. The number of hydrogen-bond donors (Lipinski definition) is 0. The molecule has 2 heterocycles. The predicted molar refractivity (Wildman–Crippen MR) is 97.4 cm³/mol. The molecule has 2 aliphatic rings. The van der Waals surface area contributed by atoms with Crippen molar-refractivity contribution in [3.05, 3.63) is 30.3 Å². The van der Waals surface area contributed by atoms with Crippen molar-refractivity contribution in [2.75, 3.05) is 31.1 Å². The van der Waals surface area contributed by atoms with Gasteiger partial charge in [-0.15, -0.1) is 0 Å². The second-order valence-electron chi connectivity index (χ2n) is 7.06. The van der Waals surface area contributed by atoms with Crippen LogP contribution in [0.25, 0.3) is 0 Å². The van der Waals surface area contributed by atoms with Gasteiger partial charge < -0.3 is 14.5 Å². The fourth-order valence-corrected chi connectivity index (χ4v) is 3.81. The molecule has 2 fully saturated rings. The monoisotopic (exact) mass is 344 g/mol. The summed E-state index contributed by atoms with van der Waals surface area (Å²) in [5, 5.41) is 0. The highest BCUT2D eigenvalue weighted by molar-refractivity contribution is 5.85. The smallest absolute Gasteiger partial charge is 0.328 e. The molecule has 0 N–H and O–H groups in total. The molecular formula is C20H28N2O3. The van der Waals surface area contributed by atoms with Gasteiger partial charge in [-0.05, 0) is 37.8 Å². The van der Waals surface area contributed by atoms with Gasteiger partial charge in [0.1, 0.15) is 6.04 Å². The third-order valence-corrected chi connectivity index (χ3v) is 5.18. The van der Waals surface area contributed by atoms with E-state index in [2.05, 4.69) is 17.0 Å². The van der Waals surface area contributed by atoms with Crippen molar-refractivity contribution in [3.63, 3.8) is 0 Å². The number of rotatable bonds is 6. The molecule has 5 heteroatoms. The van der Waals surface area contributed by atoms with E-state index in [9.17, 15) is 9.59 Å². The van der Waals surface area contributed by atoms with E-state index in [1.165, 1.54) is 5.69 Å². The number of carbonyl (C=O) groups excluding carboxylic acids is 2. The number of likely N-dealkylation sites (tertiary alicyclic amines) is 1. The quantitative estimate of drug-likeness (QED) is 0.745. The van der Waals surface area contributed by atoms with Gasteiger partial charge in [0.15, 0.2) is 0 Å². The summed E-state index contributed by atoms with van der Waals surface area (Å²) in [6, 6.07) is 9.97. The Hall–Kier alpha value is -2.04. The Balaban J connectivity index is 1.47. The Morgan fingerprint density at radius 3 is 2.72 bits per heavy atom. The van der Waals surface area contributed by atoms with Crippen LogP contribution >= 0.6 is 0 Å². The minimum atomic E-state index is -0.370. The van der Waals surface area contributed by atoms with E-state index in [1.807, 2.05) is 25.1 Å². The van der Waals surface area contributed by atoms with E-state index in [0.717, 1.165) is 38.8 Å². The molecule has 2 aliphatic heterocycles. The first-order valence-corrected chi connectivity index (χ1v) is 9.45. The molecule has 5 nitrogen and oxygen atoms in total. The summed E-state index contributed by atoms with van der Waals surface area (Å²) in [6.07, 6.45) is 3.98. The average molecular weight is 344 g/mol. The van der Waals surface area contributed by atoms with E-state index in [4.69, 9.17) is 4.74 Å². The van der Waals surface area contributed by atoms with Crippen LogP contribution in [0.1, 0.15) is 39.0 Å². The predicted octanol–water partition coefficient (Wildman–Crippen LogP) is 2.85. The maximum atomic E-state index is 12.4. The van der Waals surface area contributed by atoms with Crippen LogP contribution in [0.5, 0.6) is 0 Å². The first-order chi connectivity index (χ1) is 12.2. The van der Waals surface area contributed by atoms with Crippen LogP contribution in [0.2, 0.25) is 0 Å². The minimum Gasteiger partial charge on any atom is -0.464 e. The van der Waals surface area contributed by atoms with E-state index < -0.39 is 0 Å². The molecule has 0 bridgehead atoms. The molecule has 0 saturated carbocycles. The van der Waals surface area contributed by atoms with Crippen LogP contribution in [-0.2, 0) is 14.3 Å². The van der Waals surface area contributed by atoms with Crippen molar-refractivity contribution in [2.24, 2.45) is 5.92 Å². The molecule has 1 aromatic carbocycles. The number of benzene rings is 1. The molecule has 1 aromatic rings. The highest BCUT2D eigenvalue weighted by Crippen LogP contribution is 2.25. The van der Waals surface area contributed by atoms with Crippen LogP contribution in [0, 0.1) is 5.92 Å². The lowest BCUT2D eigenvalue weighted by Crippen LogP contribution is -2.41. The molecule has 3 rings (SSSR count). The molecule has 1 amide bonds. The van der Waals surface area contributed by atoms with Crippen molar-refractivity contribution in [1.82, 2.24) is 4.90 Å². The van der Waals surface area contributed by atoms with Gasteiger partial charge in [-0.2, -0.15) is 0 Å². The van der Waals surface area contributed by atoms with E-state index in [1.54, 1.807) is 4.90 Å². The lowest BCUT2D eigenvalue weighted by molar-refractivity contribution is -0.154. The zero-order valence-corrected chi connectivity index (χ0v) is 15.0. The van der Waals surface area contributed by atoms with Gasteiger partial charge in [-0.3, -0.25) is 4.79 Å². The molecule has 0 aromatic heterocycles. The molecule has 0 spiro atoms. The van der Waals surface area contributed by atoms with Gasteiger partial charge in [0.2, 0.25) is 5.91 Å². The van der Waals surface area contributed by atoms with Crippen LogP contribution in [0.15, 0.2) is 30.3 Å². The number of ether oxygens (including phenoxy) is 1. The molecule has 0 radical (unpaired) electrons. The van der Waals surface area contributed by atoms with Crippen molar-refractivity contribution >= 4 is 17.6 Å². The second-order valence-corrected chi connectivity index (χ2v) is 7.06. The van der Waals surface area contributed by atoms with Crippen LogP contribution in [0.3, 0.4) is 0 Å². The first kappa shape index (κ1) is 17.8. The van der Waals surface area contributed by atoms with Gasteiger partial charge in [0.05, 0.1) is 6.61 Å². The Labute approximate surface area is 149 Å². The van der Waals surface area contributed by atoms with Gasteiger partial charge in [0.25, 0.3) is 0 Å². The summed E-state index contributed by atoms with van der Waals surface area (Å²) < 4.78 is 5.59. The molecule has 0 unspecified atom stereocenters. The summed E-state index contributed by atoms with van der Waals surface area (Å²) in [6.45, 7) is 5.04. The summed E-state index contributed by atoms with van der Waals surface area (Å²) in [4.78, 5) is 28.6. The molecule has 2 saturated heterocycles. The number of para-hydroxylation sites is 1. The van der Waals surface area contributed by atoms with Crippen LogP contribution in [0.4, 0.5) is 5.69 Å². The van der Waals surface area contributed by atoms with Crippen molar-refractivity contribution in [2.45, 2.75) is 45.1 Å². The summed E-state index contributed by atoms with van der Waals surface area (Å²) in [5.74, 6) is 0.225. The number of hydrogen-bond acceptors (Lipinski definition) is 4. The number of nitrogens with zero attached hydrogens (tertiary/aromatic N) is 2. The van der Waals surface area contributed by atoms with Crippen LogP contribution in [-0.4, -0.2) is 49.1 Å². The Bertz CT molecular complexity index is 590. The molecule has 25 heavy (non-hydrogen) atoms. The van der Waals surface area contributed by atoms with Crippen LogP contribution < -0.4 is 4.90 Å². The van der Waals surface area contributed by atoms with Gasteiger partial charge in [0, 0.05) is 37.7 Å². The molecule has 136 valence electrons. The highest BCUT2D eigenvalue weighted by Gasteiger charge is 2.35. The number of esters is 1. The zero-order valence-electron chi connectivity index (χ0n) is 15.0. The Morgan fingerprint density at radius 2 is 1.96 bits per heavy atom.